The molecule has 0 aliphatic rings. The first-order valence-electron chi connectivity index (χ1n) is 8.52. The van der Waals surface area contributed by atoms with E-state index in [0.717, 1.165) is 0 Å². The van der Waals surface area contributed by atoms with Gasteiger partial charge < -0.3 is 9.47 Å². The molecule has 0 heterocycles. The predicted molar refractivity (Wildman–Crippen MR) is 99.4 cm³/mol. The Morgan fingerprint density at radius 1 is 0.720 bits per heavy atom. The minimum Gasteiger partial charge on any atom is -0.464 e. The van der Waals surface area contributed by atoms with Gasteiger partial charge in [0.05, 0.1) is 16.2 Å². The van der Waals surface area contributed by atoms with Gasteiger partial charge in [-0.15, -0.1) is 23.7 Å². The zero-order valence-electron chi connectivity index (χ0n) is 17.0. The second-order valence-corrected chi connectivity index (χ2v) is 8.36. The molecule has 0 bridgehead atoms. The quantitative estimate of drug-likeness (QED) is 0.538. The average molecular weight is 348 g/mol. The lowest BCUT2D eigenvalue weighted by molar-refractivity contribution is -0.163. The van der Waals surface area contributed by atoms with Crippen LogP contribution in [0.1, 0.15) is 68.2 Å². The normalized spacial score (nSPS) is 11.5. The first-order valence-corrected chi connectivity index (χ1v) is 8.52. The summed E-state index contributed by atoms with van der Waals surface area (Å²) in [4.78, 5) is 24.3. The van der Waals surface area contributed by atoms with Crippen LogP contribution in [-0.4, -0.2) is 25.2 Å². The van der Waals surface area contributed by atoms with E-state index in [-0.39, 0.29) is 25.2 Å². The highest BCUT2D eigenvalue weighted by Crippen LogP contribution is 2.30. The van der Waals surface area contributed by atoms with Crippen molar-refractivity contribution in [3.63, 3.8) is 0 Å². The molecular formula is C21H32O4. The van der Waals surface area contributed by atoms with E-state index < -0.39 is 16.2 Å². The molecule has 0 radical (unpaired) electrons. The molecule has 0 rings (SSSR count). The predicted octanol–water partition coefficient (Wildman–Crippen LogP) is 3.98. The van der Waals surface area contributed by atoms with Crippen LogP contribution in [0.25, 0.3) is 0 Å². The van der Waals surface area contributed by atoms with E-state index >= 15 is 0 Å². The van der Waals surface area contributed by atoms with E-state index in [1.807, 2.05) is 0 Å². The fraction of sp³-hybridized carbons (Fsp3) is 0.714. The number of hydrogen-bond acceptors (Lipinski definition) is 4. The number of rotatable bonds is 6. The molecule has 0 aromatic carbocycles. The maximum Gasteiger partial charge on any atom is 0.311 e. The molecule has 0 aliphatic carbocycles. The smallest absolute Gasteiger partial charge is 0.311 e. The zero-order chi connectivity index (χ0) is 19.7. The minimum atomic E-state index is -0.631. The van der Waals surface area contributed by atoms with Crippen molar-refractivity contribution in [3.05, 3.63) is 0 Å². The van der Waals surface area contributed by atoms with E-state index in [4.69, 9.17) is 9.47 Å². The van der Waals surface area contributed by atoms with Crippen LogP contribution >= 0.6 is 0 Å². The molecule has 25 heavy (non-hydrogen) atoms. The lowest BCUT2D eigenvalue weighted by Gasteiger charge is -2.31. The Bertz CT molecular complexity index is 526. The van der Waals surface area contributed by atoms with Gasteiger partial charge in [-0.3, -0.25) is 9.59 Å². The molecule has 0 aromatic heterocycles. The molecule has 0 saturated heterocycles. The third kappa shape index (κ3) is 8.64. The van der Waals surface area contributed by atoms with Gasteiger partial charge in [0.2, 0.25) is 0 Å². The molecule has 0 spiro atoms. The molecule has 0 amide bonds. The van der Waals surface area contributed by atoms with Gasteiger partial charge in [0.25, 0.3) is 0 Å². The Labute approximate surface area is 153 Å². The van der Waals surface area contributed by atoms with E-state index in [1.165, 1.54) is 0 Å². The van der Waals surface area contributed by atoms with E-state index in [1.54, 1.807) is 55.4 Å². The molecular weight excluding hydrogens is 316 g/mol. The van der Waals surface area contributed by atoms with Crippen molar-refractivity contribution in [1.82, 2.24) is 0 Å². The molecule has 4 heteroatoms. The Morgan fingerprint density at radius 3 is 1.28 bits per heavy atom. The summed E-state index contributed by atoms with van der Waals surface area (Å²) in [6.07, 6.45) is 0.875. The molecule has 0 saturated carbocycles. The first kappa shape index (κ1) is 23.1. The number of ether oxygens (including phenoxy) is 2. The Morgan fingerprint density at radius 2 is 1.04 bits per heavy atom. The molecule has 0 fully saturated rings. The molecule has 0 aliphatic heterocycles. The van der Waals surface area contributed by atoms with Crippen LogP contribution in [0.15, 0.2) is 0 Å². The van der Waals surface area contributed by atoms with Crippen molar-refractivity contribution in [1.29, 1.82) is 0 Å². The molecule has 140 valence electrons. The standard InChI is InChI=1S/C21H32O4/c1-9-11-13-21(14-12-10-2,15-24-17(22)19(3,4)5)16-25-18(23)20(6,7)8/h13-16H2,1-8H3. The summed E-state index contributed by atoms with van der Waals surface area (Å²) in [7, 11) is 0. The topological polar surface area (TPSA) is 52.6 Å². The molecule has 0 aromatic rings. The largest absolute Gasteiger partial charge is 0.464 e. The van der Waals surface area contributed by atoms with Crippen molar-refractivity contribution >= 4 is 11.9 Å². The Kier molecular flexibility index (Phi) is 8.78. The summed E-state index contributed by atoms with van der Waals surface area (Å²) >= 11 is 0. The van der Waals surface area contributed by atoms with Crippen LogP contribution in [0.4, 0.5) is 0 Å². The summed E-state index contributed by atoms with van der Waals surface area (Å²) in [6, 6.07) is 0. The third-order valence-electron chi connectivity index (χ3n) is 3.52. The van der Waals surface area contributed by atoms with E-state index in [0.29, 0.717) is 12.8 Å². The van der Waals surface area contributed by atoms with Crippen LogP contribution in [0, 0.1) is 39.9 Å². The monoisotopic (exact) mass is 348 g/mol. The number of carbonyl (C=O) groups excluding carboxylic acids is 2. The Balaban J connectivity index is 5.39. The third-order valence-corrected chi connectivity index (χ3v) is 3.52. The lowest BCUT2D eigenvalue weighted by Crippen LogP contribution is -2.37. The fourth-order valence-corrected chi connectivity index (χ4v) is 1.73. The highest BCUT2D eigenvalue weighted by molar-refractivity contribution is 5.76. The molecule has 0 atom stereocenters. The summed E-state index contributed by atoms with van der Waals surface area (Å²) in [6.45, 7) is 14.5. The first-order chi connectivity index (χ1) is 11.4. The number of carbonyl (C=O) groups is 2. The van der Waals surface area contributed by atoms with Gasteiger partial charge in [-0.2, -0.15) is 0 Å². The minimum absolute atomic E-state index is 0.115. The van der Waals surface area contributed by atoms with Crippen molar-refractivity contribution < 1.29 is 19.1 Å². The van der Waals surface area contributed by atoms with Gasteiger partial charge in [0.1, 0.15) is 13.2 Å². The van der Waals surface area contributed by atoms with Crippen molar-refractivity contribution in [2.24, 2.45) is 16.2 Å². The SMILES string of the molecule is CC#CCC(CC#CC)(COC(=O)C(C)(C)C)COC(=O)C(C)(C)C. The van der Waals surface area contributed by atoms with Crippen LogP contribution in [0.2, 0.25) is 0 Å². The maximum absolute atomic E-state index is 12.2. The Hall–Kier alpha value is -1.94. The van der Waals surface area contributed by atoms with Gasteiger partial charge in [-0.05, 0) is 55.4 Å². The summed E-state index contributed by atoms with van der Waals surface area (Å²) in [5, 5.41) is 0. The van der Waals surface area contributed by atoms with E-state index in [2.05, 4.69) is 23.7 Å². The second-order valence-electron chi connectivity index (χ2n) is 8.36. The lowest BCUT2D eigenvalue weighted by atomic mass is 9.82. The van der Waals surface area contributed by atoms with Gasteiger partial charge in [0, 0.05) is 12.8 Å². The van der Waals surface area contributed by atoms with Gasteiger partial charge in [-0.25, -0.2) is 0 Å². The van der Waals surface area contributed by atoms with Crippen LogP contribution in [-0.2, 0) is 19.1 Å². The average Bonchev–Trinajstić information content (AvgIpc) is 2.51. The van der Waals surface area contributed by atoms with Crippen LogP contribution in [0.3, 0.4) is 0 Å². The fourth-order valence-electron chi connectivity index (χ4n) is 1.73. The van der Waals surface area contributed by atoms with Gasteiger partial charge >= 0.3 is 11.9 Å². The summed E-state index contributed by atoms with van der Waals surface area (Å²) in [5.41, 5.74) is -1.82. The second kappa shape index (κ2) is 9.52. The number of esters is 2. The zero-order valence-corrected chi connectivity index (χ0v) is 17.0. The molecule has 0 N–H and O–H groups in total. The summed E-state index contributed by atoms with van der Waals surface area (Å²) in [5.74, 6) is 11.2. The molecule has 4 nitrogen and oxygen atoms in total. The van der Waals surface area contributed by atoms with Gasteiger partial charge in [-0.1, -0.05) is 0 Å². The number of hydrogen-bond donors (Lipinski definition) is 0. The maximum atomic E-state index is 12.2. The van der Waals surface area contributed by atoms with Crippen molar-refractivity contribution in [2.75, 3.05) is 13.2 Å². The van der Waals surface area contributed by atoms with Gasteiger partial charge in [0.15, 0.2) is 0 Å². The van der Waals surface area contributed by atoms with Crippen LogP contribution < -0.4 is 0 Å². The van der Waals surface area contributed by atoms with Crippen LogP contribution in [0.5, 0.6) is 0 Å². The van der Waals surface area contributed by atoms with Crippen molar-refractivity contribution in [2.45, 2.75) is 68.2 Å². The highest BCUT2D eigenvalue weighted by atomic mass is 16.5. The summed E-state index contributed by atoms with van der Waals surface area (Å²) < 4.78 is 11.0. The highest BCUT2D eigenvalue weighted by Gasteiger charge is 2.36. The van der Waals surface area contributed by atoms with Crippen molar-refractivity contribution in [3.8, 4) is 23.7 Å². The van der Waals surface area contributed by atoms with E-state index in [9.17, 15) is 9.59 Å². The molecule has 0 unspecified atom stereocenters.